The van der Waals surface area contributed by atoms with Gasteiger partial charge in [-0.05, 0) is 31.5 Å². The maximum Gasteiger partial charge on any atom is 0.337 e. The molecule has 0 fully saturated rings. The molecule has 0 aliphatic rings. The molecule has 19 heavy (non-hydrogen) atoms. The monoisotopic (exact) mass is 329 g/mol. The molecular weight excluding hydrogens is 310 g/mol. The van der Waals surface area contributed by atoms with E-state index in [9.17, 15) is 9.90 Å². The fourth-order valence-corrected chi connectivity index (χ4v) is 2.28. The van der Waals surface area contributed by atoms with Crippen LogP contribution in [0.3, 0.4) is 0 Å². The largest absolute Gasteiger partial charge is 0.478 e. The SMILES string of the molecule is CCC(C)N(CCOC)c1ccc(Br)cc1C(=O)O. The third-order valence-electron chi connectivity index (χ3n) is 3.16. The van der Waals surface area contributed by atoms with Crippen molar-refractivity contribution in [2.45, 2.75) is 26.3 Å². The number of carbonyl (C=O) groups is 1. The summed E-state index contributed by atoms with van der Waals surface area (Å²) < 4.78 is 5.88. The van der Waals surface area contributed by atoms with Gasteiger partial charge in [-0.3, -0.25) is 0 Å². The lowest BCUT2D eigenvalue weighted by atomic mass is 10.1. The minimum absolute atomic E-state index is 0.259. The molecule has 0 aromatic heterocycles. The number of carboxylic acids is 1. The molecule has 0 aliphatic carbocycles. The molecule has 1 atom stereocenters. The number of halogens is 1. The quantitative estimate of drug-likeness (QED) is 0.832. The molecule has 0 spiro atoms. The van der Waals surface area contributed by atoms with Gasteiger partial charge in [-0.15, -0.1) is 0 Å². The highest BCUT2D eigenvalue weighted by atomic mass is 79.9. The predicted octanol–water partition coefficient (Wildman–Crippen LogP) is 3.40. The normalized spacial score (nSPS) is 12.2. The van der Waals surface area contributed by atoms with Gasteiger partial charge in [0, 0.05) is 24.2 Å². The summed E-state index contributed by atoms with van der Waals surface area (Å²) in [7, 11) is 1.65. The van der Waals surface area contributed by atoms with Gasteiger partial charge in [0.1, 0.15) is 0 Å². The first kappa shape index (κ1) is 16.0. The number of ether oxygens (including phenoxy) is 1. The fourth-order valence-electron chi connectivity index (χ4n) is 1.92. The van der Waals surface area contributed by atoms with Crippen molar-refractivity contribution in [3.63, 3.8) is 0 Å². The van der Waals surface area contributed by atoms with Crippen molar-refractivity contribution in [1.82, 2.24) is 0 Å². The van der Waals surface area contributed by atoms with Crippen LogP contribution in [0.1, 0.15) is 30.6 Å². The molecule has 1 aromatic rings. The van der Waals surface area contributed by atoms with Gasteiger partial charge in [-0.1, -0.05) is 22.9 Å². The first-order valence-corrected chi connectivity index (χ1v) is 7.09. The second-order valence-corrected chi connectivity index (χ2v) is 5.33. The van der Waals surface area contributed by atoms with Crippen LogP contribution in [0.25, 0.3) is 0 Å². The Labute approximate surface area is 122 Å². The average molecular weight is 330 g/mol. The van der Waals surface area contributed by atoms with Gasteiger partial charge in [0.2, 0.25) is 0 Å². The maximum atomic E-state index is 11.4. The highest BCUT2D eigenvalue weighted by Crippen LogP contribution is 2.27. The van der Waals surface area contributed by atoms with Crippen LogP contribution in [0, 0.1) is 0 Å². The van der Waals surface area contributed by atoms with Gasteiger partial charge >= 0.3 is 5.97 Å². The van der Waals surface area contributed by atoms with Crippen LogP contribution in [-0.2, 0) is 4.74 Å². The predicted molar refractivity (Wildman–Crippen MR) is 80.1 cm³/mol. The topological polar surface area (TPSA) is 49.8 Å². The Balaban J connectivity index is 3.17. The van der Waals surface area contributed by atoms with E-state index in [1.165, 1.54) is 0 Å². The summed E-state index contributed by atoms with van der Waals surface area (Å²) in [6.45, 7) is 5.42. The van der Waals surface area contributed by atoms with Crippen LogP contribution in [0.4, 0.5) is 5.69 Å². The number of carboxylic acid groups (broad SMARTS) is 1. The van der Waals surface area contributed by atoms with Gasteiger partial charge in [0.05, 0.1) is 17.9 Å². The van der Waals surface area contributed by atoms with Crippen molar-refractivity contribution in [1.29, 1.82) is 0 Å². The van der Waals surface area contributed by atoms with Crippen molar-refractivity contribution in [3.05, 3.63) is 28.2 Å². The molecule has 0 bridgehead atoms. The van der Waals surface area contributed by atoms with E-state index >= 15 is 0 Å². The van der Waals surface area contributed by atoms with E-state index in [0.29, 0.717) is 18.7 Å². The Morgan fingerprint density at radius 1 is 1.53 bits per heavy atom. The molecule has 1 N–H and O–H groups in total. The summed E-state index contributed by atoms with van der Waals surface area (Å²) in [6.07, 6.45) is 0.943. The Morgan fingerprint density at radius 3 is 2.74 bits per heavy atom. The Hall–Kier alpha value is -1.07. The minimum atomic E-state index is -0.915. The number of nitrogens with zero attached hydrogens (tertiary/aromatic N) is 1. The van der Waals surface area contributed by atoms with Crippen molar-refractivity contribution >= 4 is 27.6 Å². The first-order chi connectivity index (χ1) is 9.01. The van der Waals surface area contributed by atoms with Gasteiger partial charge < -0.3 is 14.7 Å². The summed E-state index contributed by atoms with van der Waals surface area (Å²) in [5, 5.41) is 9.34. The van der Waals surface area contributed by atoms with Gasteiger partial charge in [0.25, 0.3) is 0 Å². The number of hydrogen-bond acceptors (Lipinski definition) is 3. The molecule has 1 aromatic carbocycles. The molecule has 0 saturated heterocycles. The van der Waals surface area contributed by atoms with E-state index in [4.69, 9.17) is 4.74 Å². The zero-order valence-corrected chi connectivity index (χ0v) is 13.1. The number of anilines is 1. The van der Waals surface area contributed by atoms with Crippen LogP contribution < -0.4 is 4.90 Å². The Kier molecular flexibility index (Phi) is 6.31. The number of hydrogen-bond donors (Lipinski definition) is 1. The number of benzene rings is 1. The fraction of sp³-hybridized carbons (Fsp3) is 0.500. The summed E-state index contributed by atoms with van der Waals surface area (Å²) in [5.41, 5.74) is 1.05. The lowest BCUT2D eigenvalue weighted by Crippen LogP contribution is -2.36. The zero-order chi connectivity index (χ0) is 14.4. The number of rotatable bonds is 7. The van der Waals surface area contributed by atoms with Crippen LogP contribution in [0.5, 0.6) is 0 Å². The van der Waals surface area contributed by atoms with Crippen LogP contribution >= 0.6 is 15.9 Å². The molecule has 5 heteroatoms. The average Bonchev–Trinajstić information content (AvgIpc) is 2.39. The molecule has 0 saturated carbocycles. The maximum absolute atomic E-state index is 11.4. The standard InChI is InChI=1S/C14H20BrNO3/c1-4-10(2)16(7-8-19-3)13-6-5-11(15)9-12(13)14(17)18/h5-6,9-10H,4,7-8H2,1-3H3,(H,17,18). The van der Waals surface area contributed by atoms with Crippen molar-refractivity contribution in [2.75, 3.05) is 25.2 Å². The van der Waals surface area contributed by atoms with Crippen molar-refractivity contribution in [2.24, 2.45) is 0 Å². The molecule has 0 aliphatic heterocycles. The van der Waals surface area contributed by atoms with E-state index in [0.717, 1.165) is 16.6 Å². The first-order valence-electron chi connectivity index (χ1n) is 6.29. The molecule has 0 radical (unpaired) electrons. The van der Waals surface area contributed by atoms with E-state index in [1.807, 2.05) is 12.1 Å². The third-order valence-corrected chi connectivity index (χ3v) is 3.65. The van der Waals surface area contributed by atoms with E-state index < -0.39 is 5.97 Å². The highest BCUT2D eigenvalue weighted by Gasteiger charge is 2.19. The van der Waals surface area contributed by atoms with Gasteiger partial charge in [0.15, 0.2) is 0 Å². The molecule has 0 amide bonds. The second kappa shape index (κ2) is 7.50. The second-order valence-electron chi connectivity index (χ2n) is 4.41. The third kappa shape index (κ3) is 4.21. The molecule has 1 unspecified atom stereocenters. The Morgan fingerprint density at radius 2 is 2.21 bits per heavy atom. The van der Waals surface area contributed by atoms with Crippen LogP contribution in [-0.4, -0.2) is 37.4 Å². The lowest BCUT2D eigenvalue weighted by Gasteiger charge is -2.31. The smallest absolute Gasteiger partial charge is 0.337 e. The molecule has 1 rings (SSSR count). The van der Waals surface area contributed by atoms with Crippen LogP contribution in [0.15, 0.2) is 22.7 Å². The van der Waals surface area contributed by atoms with Crippen LogP contribution in [0.2, 0.25) is 0 Å². The minimum Gasteiger partial charge on any atom is -0.478 e. The van der Waals surface area contributed by atoms with Crippen molar-refractivity contribution in [3.8, 4) is 0 Å². The highest BCUT2D eigenvalue weighted by molar-refractivity contribution is 9.10. The molecular formula is C14H20BrNO3. The Bertz CT molecular complexity index is 437. The molecule has 0 heterocycles. The molecule has 4 nitrogen and oxygen atoms in total. The lowest BCUT2D eigenvalue weighted by molar-refractivity contribution is 0.0697. The summed E-state index contributed by atoms with van der Waals surface area (Å²) in [6, 6.07) is 5.61. The van der Waals surface area contributed by atoms with Crippen molar-refractivity contribution < 1.29 is 14.6 Å². The summed E-state index contributed by atoms with van der Waals surface area (Å²) in [4.78, 5) is 13.5. The number of aromatic carboxylic acids is 1. The van der Waals surface area contributed by atoms with Gasteiger partial charge in [-0.25, -0.2) is 4.79 Å². The zero-order valence-electron chi connectivity index (χ0n) is 11.5. The summed E-state index contributed by atoms with van der Waals surface area (Å²) in [5.74, 6) is -0.915. The van der Waals surface area contributed by atoms with E-state index in [1.54, 1.807) is 13.2 Å². The van der Waals surface area contributed by atoms with Gasteiger partial charge in [-0.2, -0.15) is 0 Å². The van der Waals surface area contributed by atoms with E-state index in [-0.39, 0.29) is 6.04 Å². The van der Waals surface area contributed by atoms with E-state index in [2.05, 4.69) is 34.7 Å². The number of methoxy groups -OCH3 is 1. The molecule has 106 valence electrons. The summed E-state index contributed by atoms with van der Waals surface area (Å²) >= 11 is 3.31.